The zero-order chi connectivity index (χ0) is 21.9. The molecule has 0 aliphatic carbocycles. The van der Waals surface area contributed by atoms with Gasteiger partial charge in [-0.3, -0.25) is 0 Å². The third-order valence-electron chi connectivity index (χ3n) is 5.50. The zero-order valence-corrected chi connectivity index (χ0v) is 18.4. The molecule has 1 saturated heterocycles. The first-order valence-electron chi connectivity index (χ1n) is 10.4. The van der Waals surface area contributed by atoms with Crippen molar-refractivity contribution in [3.8, 4) is 5.75 Å². The predicted molar refractivity (Wildman–Crippen MR) is 129 cm³/mol. The lowest BCUT2D eigenvalue weighted by Crippen LogP contribution is -2.29. The van der Waals surface area contributed by atoms with Gasteiger partial charge in [-0.2, -0.15) is 5.32 Å². The van der Waals surface area contributed by atoms with Crippen LogP contribution < -0.4 is 10.1 Å². The maximum absolute atomic E-state index is 12.4. The third kappa shape index (κ3) is 4.09. The second-order valence-corrected chi connectivity index (χ2v) is 8.55. The number of carbonyl (C=O) groups excluding carboxylic acids is 1. The summed E-state index contributed by atoms with van der Waals surface area (Å²) in [5, 5.41) is 7.91. The van der Waals surface area contributed by atoms with E-state index in [9.17, 15) is 4.79 Å². The fourth-order valence-corrected chi connectivity index (χ4v) is 4.69. The smallest absolute Gasteiger partial charge is 0.372 e. The van der Waals surface area contributed by atoms with Gasteiger partial charge in [0, 0.05) is 18.2 Å². The Bertz CT molecular complexity index is 1230. The van der Waals surface area contributed by atoms with Gasteiger partial charge in [-0.25, -0.2) is 4.79 Å². The quantitative estimate of drug-likeness (QED) is 0.549. The molecule has 3 aromatic rings. The van der Waals surface area contributed by atoms with Crippen molar-refractivity contribution >= 4 is 34.6 Å². The van der Waals surface area contributed by atoms with Gasteiger partial charge in [0.05, 0.1) is 12.8 Å². The molecule has 0 aromatic heterocycles. The lowest BCUT2D eigenvalue weighted by Gasteiger charge is -2.11. The maximum Gasteiger partial charge on any atom is 0.372 e. The van der Waals surface area contributed by atoms with Crippen LogP contribution in [-0.2, 0) is 0 Å². The molecule has 1 fully saturated rings. The molecular weight excluding hydrogens is 418 g/mol. The third-order valence-corrected chi connectivity index (χ3v) is 6.32. The molecule has 5 rings (SSSR count). The van der Waals surface area contributed by atoms with Crippen LogP contribution in [0.4, 0.5) is 4.79 Å². The van der Waals surface area contributed by atoms with Crippen LogP contribution in [0, 0.1) is 0 Å². The number of nitrogens with one attached hydrogen (secondary N) is 1. The van der Waals surface area contributed by atoms with Crippen LogP contribution in [0.25, 0.3) is 6.08 Å². The van der Waals surface area contributed by atoms with Crippen molar-refractivity contribution in [3.63, 3.8) is 0 Å². The van der Waals surface area contributed by atoms with E-state index in [-0.39, 0.29) is 11.3 Å². The molecule has 2 aliphatic heterocycles. The number of hydrogen-bond donors (Lipinski definition) is 1. The first-order valence-corrected chi connectivity index (χ1v) is 11.2. The summed E-state index contributed by atoms with van der Waals surface area (Å²) in [5.74, 6) is 1.53. The van der Waals surface area contributed by atoms with Crippen LogP contribution in [0.15, 0.2) is 94.9 Å². The fraction of sp³-hybridized carbons (Fsp3) is 0.115. The van der Waals surface area contributed by atoms with E-state index in [0.717, 1.165) is 45.3 Å². The Morgan fingerprint density at radius 2 is 1.69 bits per heavy atom. The molecule has 2 heterocycles. The molecule has 0 unspecified atom stereocenters. The number of carbonyl (C=O) groups is 1. The number of nitrogens with zero attached hydrogens (tertiary/aromatic N) is 2. The molecule has 5 nitrogen and oxygen atoms in total. The Labute approximate surface area is 191 Å². The van der Waals surface area contributed by atoms with Gasteiger partial charge in [-0.1, -0.05) is 77.9 Å². The highest BCUT2D eigenvalue weighted by molar-refractivity contribution is 8.18. The normalized spacial score (nSPS) is 21.5. The van der Waals surface area contributed by atoms with Gasteiger partial charge in [-0.05, 0) is 34.9 Å². The van der Waals surface area contributed by atoms with E-state index in [1.807, 2.05) is 71.4 Å². The molecule has 32 heavy (non-hydrogen) atoms. The summed E-state index contributed by atoms with van der Waals surface area (Å²) in [6, 6.07) is 28.2. The monoisotopic (exact) mass is 440 g/mol. The van der Waals surface area contributed by atoms with Crippen molar-refractivity contribution in [2.24, 2.45) is 5.10 Å². The lowest BCUT2D eigenvalue weighted by atomic mass is 9.99. The molecule has 0 bridgehead atoms. The summed E-state index contributed by atoms with van der Waals surface area (Å²) in [5.41, 5.74) is 4.22. The standard InChI is InChI=1S/C26H21N3O2S/c1-31-21-14-12-20(13-15-21)23-17-22(19-10-6-3-7-11-19)28-29(23)25-24(32-26(30)27-25)16-18-8-4-2-5-9-18/h2-16,23H,17H2,1H3/p+1/b24-16-/t23-/m1/s1. The first kappa shape index (κ1) is 20.3. The first-order chi connectivity index (χ1) is 15.7. The molecule has 2 aliphatic rings. The Morgan fingerprint density at radius 3 is 2.38 bits per heavy atom. The van der Waals surface area contributed by atoms with Gasteiger partial charge in [0.2, 0.25) is 0 Å². The molecule has 0 radical (unpaired) electrons. The molecule has 1 amide bonds. The van der Waals surface area contributed by atoms with Crippen molar-refractivity contribution in [2.75, 3.05) is 7.11 Å². The van der Waals surface area contributed by atoms with Crippen molar-refractivity contribution in [2.45, 2.75) is 12.5 Å². The van der Waals surface area contributed by atoms with Crippen molar-refractivity contribution in [1.82, 2.24) is 5.32 Å². The van der Waals surface area contributed by atoms with Gasteiger partial charge in [-0.15, -0.1) is 4.68 Å². The van der Waals surface area contributed by atoms with E-state index >= 15 is 0 Å². The highest BCUT2D eigenvalue weighted by Crippen LogP contribution is 2.34. The average Bonchev–Trinajstić information content (AvgIpc) is 3.44. The summed E-state index contributed by atoms with van der Waals surface area (Å²) < 4.78 is 7.28. The van der Waals surface area contributed by atoms with Crippen LogP contribution in [0.5, 0.6) is 5.75 Å². The summed E-state index contributed by atoms with van der Waals surface area (Å²) in [6.07, 6.45) is 2.76. The minimum absolute atomic E-state index is 0.0377. The van der Waals surface area contributed by atoms with Crippen molar-refractivity contribution in [1.29, 1.82) is 0 Å². The number of hydrazone groups is 1. The molecule has 6 heteroatoms. The van der Waals surface area contributed by atoms with Gasteiger partial charge in [0.15, 0.2) is 6.04 Å². The van der Waals surface area contributed by atoms with E-state index in [0.29, 0.717) is 0 Å². The Balaban J connectivity index is 1.63. The molecular formula is C26H22N3O2S+. The minimum Gasteiger partial charge on any atom is -0.497 e. The Hall–Kier alpha value is -3.64. The number of benzene rings is 3. The van der Waals surface area contributed by atoms with Crippen LogP contribution in [-0.4, -0.2) is 28.6 Å². The highest BCUT2D eigenvalue weighted by Gasteiger charge is 2.40. The SMILES string of the molecule is COc1ccc([C@H]2CC(c3ccccc3)=N/[N+]2=C2/NC(=O)S/C2=C\c2ccccc2)cc1. The maximum atomic E-state index is 12.4. The van der Waals surface area contributed by atoms with E-state index in [4.69, 9.17) is 9.84 Å². The van der Waals surface area contributed by atoms with Crippen LogP contribution in [0.1, 0.15) is 29.2 Å². The number of amides is 1. The van der Waals surface area contributed by atoms with E-state index in [1.54, 1.807) is 7.11 Å². The average molecular weight is 441 g/mol. The fourth-order valence-electron chi connectivity index (χ4n) is 3.91. The molecule has 0 spiro atoms. The lowest BCUT2D eigenvalue weighted by molar-refractivity contribution is -0.568. The Kier molecular flexibility index (Phi) is 5.60. The number of methoxy groups -OCH3 is 1. The largest absolute Gasteiger partial charge is 0.497 e. The number of rotatable bonds is 4. The summed E-state index contributed by atoms with van der Waals surface area (Å²) in [4.78, 5) is 13.2. The molecule has 1 atom stereocenters. The predicted octanol–water partition coefficient (Wildman–Crippen LogP) is 5.45. The van der Waals surface area contributed by atoms with Gasteiger partial charge >= 0.3 is 11.1 Å². The second-order valence-electron chi connectivity index (χ2n) is 7.53. The van der Waals surface area contributed by atoms with Crippen LogP contribution >= 0.6 is 11.8 Å². The molecule has 158 valence electrons. The van der Waals surface area contributed by atoms with Gasteiger partial charge in [0.1, 0.15) is 10.7 Å². The number of ether oxygens (including phenoxy) is 1. The summed E-state index contributed by atoms with van der Waals surface area (Å²) >= 11 is 1.20. The van der Waals surface area contributed by atoms with Gasteiger partial charge < -0.3 is 4.74 Å². The van der Waals surface area contributed by atoms with Crippen molar-refractivity contribution < 1.29 is 14.2 Å². The zero-order valence-electron chi connectivity index (χ0n) is 17.6. The topological polar surface area (TPSA) is 53.7 Å². The van der Waals surface area contributed by atoms with E-state index in [1.165, 1.54) is 11.8 Å². The van der Waals surface area contributed by atoms with E-state index in [2.05, 4.69) is 29.6 Å². The minimum atomic E-state index is -0.0981. The Morgan fingerprint density at radius 1 is 1.00 bits per heavy atom. The summed E-state index contributed by atoms with van der Waals surface area (Å²) in [7, 11) is 1.66. The number of amidine groups is 1. The van der Waals surface area contributed by atoms with E-state index < -0.39 is 0 Å². The number of hydrogen-bond acceptors (Lipinski definition) is 4. The summed E-state index contributed by atoms with van der Waals surface area (Å²) in [6.45, 7) is 0. The molecule has 1 N–H and O–H groups in total. The van der Waals surface area contributed by atoms with Crippen LogP contribution in [0.2, 0.25) is 0 Å². The second kappa shape index (κ2) is 8.85. The molecule has 0 saturated carbocycles. The number of thioether (sulfide) groups is 1. The molecule has 3 aromatic carbocycles. The highest BCUT2D eigenvalue weighted by atomic mass is 32.2. The van der Waals surface area contributed by atoms with Crippen LogP contribution in [0.3, 0.4) is 0 Å². The van der Waals surface area contributed by atoms with Gasteiger partial charge in [0.25, 0.3) is 0 Å². The van der Waals surface area contributed by atoms with Crippen molar-refractivity contribution in [3.05, 3.63) is 107 Å².